The second kappa shape index (κ2) is 5.44. The van der Waals surface area contributed by atoms with E-state index in [1.807, 2.05) is 0 Å². The van der Waals surface area contributed by atoms with Crippen molar-refractivity contribution in [3.63, 3.8) is 0 Å². The van der Waals surface area contributed by atoms with Crippen molar-refractivity contribution in [2.45, 2.75) is 6.18 Å². The first-order chi connectivity index (χ1) is 9.81. The molecule has 0 atom stereocenters. The Morgan fingerprint density at radius 3 is 2.76 bits per heavy atom. The third-order valence-corrected chi connectivity index (χ3v) is 2.52. The molecule has 112 valence electrons. The van der Waals surface area contributed by atoms with E-state index in [-0.39, 0.29) is 17.2 Å². The minimum atomic E-state index is -4.51. The monoisotopic (exact) mass is 301 g/mol. The molecule has 0 fully saturated rings. The fourth-order valence-electron chi connectivity index (χ4n) is 1.61. The molecular weight excluding hydrogens is 291 g/mol. The lowest BCUT2D eigenvalue weighted by atomic mass is 10.2. The van der Waals surface area contributed by atoms with Gasteiger partial charge in [-0.2, -0.15) is 13.2 Å². The number of carbonyl (C=O) groups excluding carboxylic acids is 1. The van der Waals surface area contributed by atoms with Crippen molar-refractivity contribution >= 4 is 5.91 Å². The standard InChI is InChI=1S/C12H10F3N3O3/c1-18-6-9(10(19)17-20)11(16-18)21-8-4-2-3-7(5-8)12(13,14)15/h2-6,20H,1H3,(H,17,19). The summed E-state index contributed by atoms with van der Waals surface area (Å²) in [4.78, 5) is 11.4. The van der Waals surface area contributed by atoms with Gasteiger partial charge in [0.1, 0.15) is 11.3 Å². The van der Waals surface area contributed by atoms with Crippen LogP contribution in [0.5, 0.6) is 11.6 Å². The maximum atomic E-state index is 12.6. The summed E-state index contributed by atoms with van der Waals surface area (Å²) in [5, 5.41) is 12.4. The molecule has 0 aliphatic rings. The lowest BCUT2D eigenvalue weighted by molar-refractivity contribution is -0.137. The first-order valence-corrected chi connectivity index (χ1v) is 5.64. The van der Waals surface area contributed by atoms with E-state index in [1.54, 1.807) is 0 Å². The number of nitrogens with zero attached hydrogens (tertiary/aromatic N) is 2. The fourth-order valence-corrected chi connectivity index (χ4v) is 1.61. The van der Waals surface area contributed by atoms with Crippen LogP contribution < -0.4 is 10.2 Å². The minimum Gasteiger partial charge on any atom is -0.437 e. The highest BCUT2D eigenvalue weighted by Crippen LogP contribution is 2.32. The third kappa shape index (κ3) is 3.31. The third-order valence-electron chi connectivity index (χ3n) is 2.52. The molecule has 0 aliphatic heterocycles. The number of hydroxylamine groups is 1. The van der Waals surface area contributed by atoms with Crippen LogP contribution in [-0.4, -0.2) is 20.9 Å². The van der Waals surface area contributed by atoms with Gasteiger partial charge in [0.25, 0.3) is 11.8 Å². The Balaban J connectivity index is 2.33. The Morgan fingerprint density at radius 1 is 1.43 bits per heavy atom. The molecule has 0 aliphatic carbocycles. The number of aryl methyl sites for hydroxylation is 1. The first kappa shape index (κ1) is 14.9. The van der Waals surface area contributed by atoms with Gasteiger partial charge >= 0.3 is 6.18 Å². The number of carbonyl (C=O) groups is 1. The van der Waals surface area contributed by atoms with Crippen LogP contribution in [0.25, 0.3) is 0 Å². The molecule has 0 spiro atoms. The Hall–Kier alpha value is -2.55. The second-order valence-corrected chi connectivity index (χ2v) is 4.09. The Kier molecular flexibility index (Phi) is 3.85. The van der Waals surface area contributed by atoms with E-state index in [9.17, 15) is 18.0 Å². The van der Waals surface area contributed by atoms with Gasteiger partial charge in [-0.15, -0.1) is 5.10 Å². The number of halogens is 3. The number of aromatic nitrogens is 2. The largest absolute Gasteiger partial charge is 0.437 e. The molecule has 0 unspecified atom stereocenters. The molecule has 2 aromatic rings. The highest BCUT2D eigenvalue weighted by atomic mass is 19.4. The quantitative estimate of drug-likeness (QED) is 0.674. The summed E-state index contributed by atoms with van der Waals surface area (Å²) in [5.41, 5.74) is 0.406. The van der Waals surface area contributed by atoms with E-state index < -0.39 is 17.6 Å². The molecule has 0 bridgehead atoms. The van der Waals surface area contributed by atoms with Gasteiger partial charge in [-0.05, 0) is 18.2 Å². The SMILES string of the molecule is Cn1cc(C(=O)NO)c(Oc2cccc(C(F)(F)F)c2)n1. The molecule has 1 aromatic heterocycles. The molecular formula is C12H10F3N3O3. The Labute approximate surface area is 116 Å². The average Bonchev–Trinajstić information content (AvgIpc) is 2.78. The van der Waals surface area contributed by atoms with Crippen molar-refractivity contribution in [3.05, 3.63) is 41.6 Å². The maximum Gasteiger partial charge on any atom is 0.416 e. The van der Waals surface area contributed by atoms with Crippen molar-refractivity contribution in [1.29, 1.82) is 0 Å². The number of hydrogen-bond acceptors (Lipinski definition) is 4. The predicted octanol–water partition coefficient (Wildman–Crippen LogP) is 2.35. The number of nitrogens with one attached hydrogen (secondary N) is 1. The average molecular weight is 301 g/mol. The summed E-state index contributed by atoms with van der Waals surface area (Å²) < 4.78 is 44.2. The number of alkyl halides is 3. The second-order valence-electron chi connectivity index (χ2n) is 4.09. The van der Waals surface area contributed by atoms with Gasteiger partial charge in [0.2, 0.25) is 0 Å². The lowest BCUT2D eigenvalue weighted by Crippen LogP contribution is -2.18. The summed E-state index contributed by atoms with van der Waals surface area (Å²) in [6.07, 6.45) is -3.25. The smallest absolute Gasteiger partial charge is 0.416 e. The topological polar surface area (TPSA) is 76.4 Å². The van der Waals surface area contributed by atoms with E-state index in [2.05, 4.69) is 5.10 Å². The highest BCUT2D eigenvalue weighted by molar-refractivity contribution is 5.95. The summed E-state index contributed by atoms with van der Waals surface area (Å²) in [5.74, 6) is -1.23. The van der Waals surface area contributed by atoms with Crippen molar-refractivity contribution in [2.24, 2.45) is 7.05 Å². The molecule has 0 radical (unpaired) electrons. The Morgan fingerprint density at radius 2 is 2.14 bits per heavy atom. The van der Waals surface area contributed by atoms with Crippen LogP contribution in [-0.2, 0) is 13.2 Å². The first-order valence-electron chi connectivity index (χ1n) is 5.64. The van der Waals surface area contributed by atoms with Crippen LogP contribution >= 0.6 is 0 Å². The summed E-state index contributed by atoms with van der Waals surface area (Å²) in [6.45, 7) is 0. The summed E-state index contributed by atoms with van der Waals surface area (Å²) >= 11 is 0. The summed E-state index contributed by atoms with van der Waals surface area (Å²) in [7, 11) is 1.49. The van der Waals surface area contributed by atoms with Crippen molar-refractivity contribution in [3.8, 4) is 11.6 Å². The molecule has 1 amide bonds. The van der Waals surface area contributed by atoms with Crippen LogP contribution in [0.2, 0.25) is 0 Å². The van der Waals surface area contributed by atoms with Gasteiger partial charge in [0.15, 0.2) is 0 Å². The van der Waals surface area contributed by atoms with Crippen LogP contribution in [0.1, 0.15) is 15.9 Å². The van der Waals surface area contributed by atoms with Crippen molar-refractivity contribution in [2.75, 3.05) is 0 Å². The normalized spacial score (nSPS) is 11.3. The van der Waals surface area contributed by atoms with Gasteiger partial charge in [0, 0.05) is 13.2 Å². The molecule has 6 nitrogen and oxygen atoms in total. The molecule has 9 heteroatoms. The molecule has 2 rings (SSSR count). The van der Waals surface area contributed by atoms with Gasteiger partial charge in [0.05, 0.1) is 5.56 Å². The summed E-state index contributed by atoms with van der Waals surface area (Å²) in [6, 6.07) is 4.15. The van der Waals surface area contributed by atoms with E-state index in [0.29, 0.717) is 0 Å². The highest BCUT2D eigenvalue weighted by Gasteiger charge is 2.30. The van der Waals surface area contributed by atoms with Crippen molar-refractivity contribution < 1.29 is 27.9 Å². The zero-order valence-electron chi connectivity index (χ0n) is 10.7. The maximum absolute atomic E-state index is 12.6. The fraction of sp³-hybridized carbons (Fsp3) is 0.167. The predicted molar refractivity (Wildman–Crippen MR) is 64.0 cm³/mol. The Bertz CT molecular complexity index is 667. The lowest BCUT2D eigenvalue weighted by Gasteiger charge is -2.09. The van der Waals surface area contributed by atoms with Gasteiger partial charge < -0.3 is 4.74 Å². The molecule has 1 aromatic carbocycles. The van der Waals surface area contributed by atoms with Crippen LogP contribution in [0, 0.1) is 0 Å². The van der Waals surface area contributed by atoms with Gasteiger partial charge in [-0.25, -0.2) is 5.48 Å². The van der Waals surface area contributed by atoms with E-state index in [4.69, 9.17) is 9.94 Å². The molecule has 0 saturated carbocycles. The van der Waals surface area contributed by atoms with E-state index in [0.717, 1.165) is 12.1 Å². The van der Waals surface area contributed by atoms with E-state index in [1.165, 1.54) is 35.5 Å². The van der Waals surface area contributed by atoms with Crippen LogP contribution in [0.15, 0.2) is 30.5 Å². The number of hydrogen-bond donors (Lipinski definition) is 2. The minimum absolute atomic E-state index is 0.114. The molecule has 21 heavy (non-hydrogen) atoms. The number of benzene rings is 1. The van der Waals surface area contributed by atoms with Crippen LogP contribution in [0.4, 0.5) is 13.2 Å². The zero-order valence-corrected chi connectivity index (χ0v) is 10.7. The molecule has 2 N–H and O–H groups in total. The van der Waals surface area contributed by atoms with Crippen LogP contribution in [0.3, 0.4) is 0 Å². The number of ether oxygens (including phenoxy) is 1. The van der Waals surface area contributed by atoms with Gasteiger partial charge in [-0.1, -0.05) is 6.07 Å². The number of rotatable bonds is 3. The van der Waals surface area contributed by atoms with Crippen molar-refractivity contribution in [1.82, 2.24) is 15.3 Å². The molecule has 1 heterocycles. The zero-order chi connectivity index (χ0) is 15.6. The molecule has 0 saturated heterocycles. The number of amides is 1. The van der Waals surface area contributed by atoms with Gasteiger partial charge in [-0.3, -0.25) is 14.7 Å². The van der Waals surface area contributed by atoms with E-state index >= 15 is 0 Å².